The van der Waals surface area contributed by atoms with Crippen molar-refractivity contribution in [2.45, 2.75) is 12.6 Å². The summed E-state index contributed by atoms with van der Waals surface area (Å²) in [5, 5.41) is 12.8. The molecule has 4 rings (SSSR count). The molecule has 0 bridgehead atoms. The van der Waals surface area contributed by atoms with Crippen molar-refractivity contribution in [1.82, 2.24) is 4.90 Å². The lowest BCUT2D eigenvalue weighted by Gasteiger charge is -2.14. The topological polar surface area (TPSA) is 86.7 Å². The molecular weight excluding hydrogens is 583 g/mol. The highest BCUT2D eigenvalue weighted by molar-refractivity contribution is 8.26. The van der Waals surface area contributed by atoms with E-state index in [1.54, 1.807) is 11.4 Å². The number of benzene rings is 2. The number of carbonyl (C=O) groups excluding carboxylic acids is 2. The Kier molecular flexibility index (Phi) is 8.18. The summed E-state index contributed by atoms with van der Waals surface area (Å²) in [6.45, 7) is -0.103. The number of anilines is 1. The molecule has 0 spiro atoms. The molecule has 0 unspecified atom stereocenters. The van der Waals surface area contributed by atoms with Crippen molar-refractivity contribution >= 4 is 69.2 Å². The van der Waals surface area contributed by atoms with Crippen molar-refractivity contribution in [3.63, 3.8) is 0 Å². The zero-order valence-electron chi connectivity index (χ0n) is 19.3. The van der Waals surface area contributed by atoms with Crippen LogP contribution in [0.2, 0.25) is 0 Å². The molecule has 2 N–H and O–H groups in total. The van der Waals surface area contributed by atoms with Crippen LogP contribution in [0.15, 0.2) is 52.7 Å². The third kappa shape index (κ3) is 6.52. The van der Waals surface area contributed by atoms with Gasteiger partial charge in [-0.05, 0) is 59.0 Å². The number of amides is 2. The SMILES string of the molecule is O=C(CCN1C(=O)/C(=C/c2cc(-c3ccc(F)c(C(F)(F)F)c3)cs2)SC1=S)Nc1ccc(C(=O)O)cc1F. The fourth-order valence-electron chi connectivity index (χ4n) is 3.50. The Balaban J connectivity index is 1.41. The lowest BCUT2D eigenvalue weighted by atomic mass is 10.0. The Hall–Kier alpha value is -3.62. The molecule has 2 aromatic carbocycles. The Morgan fingerprint density at radius 1 is 1.05 bits per heavy atom. The van der Waals surface area contributed by atoms with Gasteiger partial charge in [0.05, 0.1) is 21.7 Å². The molecule has 1 aliphatic heterocycles. The van der Waals surface area contributed by atoms with Gasteiger partial charge in [-0.2, -0.15) is 13.2 Å². The van der Waals surface area contributed by atoms with E-state index < -0.39 is 41.2 Å². The van der Waals surface area contributed by atoms with E-state index in [9.17, 15) is 36.3 Å². The molecule has 1 fully saturated rings. The van der Waals surface area contributed by atoms with E-state index in [1.807, 2.05) is 0 Å². The molecule has 0 saturated carbocycles. The molecule has 202 valence electrons. The van der Waals surface area contributed by atoms with Crippen LogP contribution in [0, 0.1) is 11.6 Å². The highest BCUT2D eigenvalue weighted by Gasteiger charge is 2.35. The van der Waals surface area contributed by atoms with E-state index in [1.165, 1.54) is 17.0 Å². The lowest BCUT2D eigenvalue weighted by molar-refractivity contribution is -0.140. The molecule has 2 amide bonds. The van der Waals surface area contributed by atoms with Crippen LogP contribution in [-0.4, -0.2) is 38.7 Å². The number of nitrogens with one attached hydrogen (secondary N) is 1. The summed E-state index contributed by atoms with van der Waals surface area (Å²) in [5.41, 5.74) is -1.30. The zero-order valence-corrected chi connectivity index (χ0v) is 21.8. The molecule has 0 atom stereocenters. The predicted molar refractivity (Wildman–Crippen MR) is 141 cm³/mol. The van der Waals surface area contributed by atoms with Crippen LogP contribution >= 0.6 is 35.3 Å². The number of hydrogen-bond acceptors (Lipinski definition) is 6. The van der Waals surface area contributed by atoms with Gasteiger partial charge in [0.25, 0.3) is 5.91 Å². The maximum absolute atomic E-state index is 14.1. The average molecular weight is 599 g/mol. The molecule has 2 heterocycles. The number of carbonyl (C=O) groups is 3. The first kappa shape index (κ1) is 28.4. The van der Waals surface area contributed by atoms with Gasteiger partial charge >= 0.3 is 12.1 Å². The smallest absolute Gasteiger partial charge is 0.419 e. The molecule has 0 radical (unpaired) electrons. The van der Waals surface area contributed by atoms with E-state index >= 15 is 0 Å². The van der Waals surface area contributed by atoms with Gasteiger partial charge in [0.2, 0.25) is 5.91 Å². The van der Waals surface area contributed by atoms with E-state index in [-0.39, 0.29) is 39.0 Å². The van der Waals surface area contributed by atoms with E-state index in [2.05, 4.69) is 5.32 Å². The third-order valence-corrected chi connectivity index (χ3v) is 7.68. The first-order valence-corrected chi connectivity index (χ1v) is 13.0. The number of halogens is 5. The van der Waals surface area contributed by atoms with Gasteiger partial charge in [-0.1, -0.05) is 30.0 Å². The number of carboxylic acids is 1. The first-order valence-electron chi connectivity index (χ1n) is 10.9. The van der Waals surface area contributed by atoms with Crippen LogP contribution < -0.4 is 5.32 Å². The van der Waals surface area contributed by atoms with Gasteiger partial charge in [0.15, 0.2) is 0 Å². The summed E-state index contributed by atoms with van der Waals surface area (Å²) in [4.78, 5) is 38.0. The number of carboxylic acid groups (broad SMARTS) is 1. The molecule has 39 heavy (non-hydrogen) atoms. The van der Waals surface area contributed by atoms with E-state index in [4.69, 9.17) is 17.3 Å². The van der Waals surface area contributed by atoms with Gasteiger partial charge < -0.3 is 10.4 Å². The molecule has 3 aromatic rings. The van der Waals surface area contributed by atoms with Crippen LogP contribution in [-0.2, 0) is 15.8 Å². The third-order valence-electron chi connectivity index (χ3n) is 5.42. The van der Waals surface area contributed by atoms with Gasteiger partial charge in [-0.15, -0.1) is 11.3 Å². The average Bonchev–Trinajstić information content (AvgIpc) is 3.42. The van der Waals surface area contributed by atoms with E-state index in [0.717, 1.165) is 53.4 Å². The minimum absolute atomic E-state index is 0.103. The molecule has 0 aliphatic carbocycles. The minimum Gasteiger partial charge on any atom is -0.478 e. The summed E-state index contributed by atoms with van der Waals surface area (Å²) >= 11 is 7.38. The largest absolute Gasteiger partial charge is 0.478 e. The van der Waals surface area contributed by atoms with Crippen molar-refractivity contribution in [3.05, 3.63) is 80.4 Å². The normalized spacial score (nSPS) is 14.8. The van der Waals surface area contributed by atoms with Crippen LogP contribution in [0.3, 0.4) is 0 Å². The number of thioether (sulfide) groups is 1. The van der Waals surface area contributed by atoms with Crippen LogP contribution in [0.4, 0.5) is 27.6 Å². The van der Waals surface area contributed by atoms with Gasteiger partial charge in [-0.3, -0.25) is 14.5 Å². The minimum atomic E-state index is -4.84. The second-order valence-electron chi connectivity index (χ2n) is 8.06. The summed E-state index contributed by atoms with van der Waals surface area (Å²) in [5.74, 6) is -4.73. The summed E-state index contributed by atoms with van der Waals surface area (Å²) in [7, 11) is 0. The molecule has 1 saturated heterocycles. The molecular formula is C25H15F5N2O4S3. The summed E-state index contributed by atoms with van der Waals surface area (Å²) in [6.07, 6.45) is -3.56. The fourth-order valence-corrected chi connectivity index (χ4v) is 5.72. The maximum Gasteiger partial charge on any atom is 0.419 e. The van der Waals surface area contributed by atoms with Crippen molar-refractivity contribution in [1.29, 1.82) is 0 Å². The Bertz CT molecular complexity index is 1530. The Labute approximate surface area is 231 Å². The molecule has 6 nitrogen and oxygen atoms in total. The molecule has 14 heteroatoms. The van der Waals surface area contributed by atoms with Crippen LogP contribution in [0.25, 0.3) is 17.2 Å². The van der Waals surface area contributed by atoms with Crippen molar-refractivity contribution in [2.24, 2.45) is 0 Å². The standard InChI is InChI=1S/C25H15F5N2O4S3/c26-17-3-1-12(8-16(17)25(28,29)30)14-7-15(38-11-14)10-20-22(34)32(24(37)39-20)6-5-21(33)31-19-4-2-13(23(35)36)9-18(19)27/h1-4,7-11H,5-6H2,(H,31,33)(H,35,36)/b20-10-. The zero-order chi connectivity index (χ0) is 28.5. The van der Waals surface area contributed by atoms with Crippen molar-refractivity contribution in [3.8, 4) is 11.1 Å². The summed E-state index contributed by atoms with van der Waals surface area (Å²) < 4.78 is 67.0. The highest BCUT2D eigenvalue weighted by Crippen LogP contribution is 2.37. The maximum atomic E-state index is 14.1. The quantitative estimate of drug-likeness (QED) is 0.180. The summed E-state index contributed by atoms with van der Waals surface area (Å²) in [6, 6.07) is 7.27. The second kappa shape index (κ2) is 11.2. The van der Waals surface area contributed by atoms with Crippen LogP contribution in [0.5, 0.6) is 0 Å². The number of rotatable bonds is 7. The number of thiophene rings is 1. The fraction of sp³-hybridized carbons (Fsp3) is 0.120. The number of thiocarbonyl (C=S) groups is 1. The highest BCUT2D eigenvalue weighted by atomic mass is 32.2. The second-order valence-corrected chi connectivity index (χ2v) is 10.7. The first-order chi connectivity index (χ1) is 18.3. The van der Waals surface area contributed by atoms with Crippen molar-refractivity contribution < 1.29 is 41.4 Å². The monoisotopic (exact) mass is 598 g/mol. The van der Waals surface area contributed by atoms with Gasteiger partial charge in [0, 0.05) is 17.8 Å². The van der Waals surface area contributed by atoms with Crippen LogP contribution in [0.1, 0.15) is 27.2 Å². The van der Waals surface area contributed by atoms with Gasteiger partial charge in [0.1, 0.15) is 16.0 Å². The van der Waals surface area contributed by atoms with Gasteiger partial charge in [-0.25, -0.2) is 13.6 Å². The molecule has 1 aliphatic rings. The molecule has 1 aromatic heterocycles. The van der Waals surface area contributed by atoms with E-state index in [0.29, 0.717) is 10.4 Å². The Morgan fingerprint density at radius 2 is 1.79 bits per heavy atom. The lowest BCUT2D eigenvalue weighted by Crippen LogP contribution is -2.31. The number of aromatic carboxylic acids is 1. The predicted octanol–water partition coefficient (Wildman–Crippen LogP) is 6.64. The van der Waals surface area contributed by atoms with Crippen molar-refractivity contribution in [2.75, 3.05) is 11.9 Å². The number of hydrogen-bond donors (Lipinski definition) is 2. The number of nitrogens with zero attached hydrogens (tertiary/aromatic N) is 1. The Morgan fingerprint density at radius 3 is 2.46 bits per heavy atom. The number of alkyl halides is 3.